The van der Waals surface area contributed by atoms with Crippen molar-refractivity contribution in [2.24, 2.45) is 0 Å². The van der Waals surface area contributed by atoms with E-state index in [0.717, 1.165) is 6.42 Å². The first kappa shape index (κ1) is 14.3. The summed E-state index contributed by atoms with van der Waals surface area (Å²) < 4.78 is 0. The molecule has 0 radical (unpaired) electrons. The van der Waals surface area contributed by atoms with Gasteiger partial charge in [0, 0.05) is 0 Å². The standard InChI is InChI=1S/C13H10.C6H6.H4Si/c1-3-7-12-10(5-1)9-11-6-2-4-8-13(11)12;1-2-4-6-5-3-1;/h1-8H,9H2;1-6H;1H4. The summed E-state index contributed by atoms with van der Waals surface area (Å²) in [6, 6.07) is 29.3. The Labute approximate surface area is 125 Å². The van der Waals surface area contributed by atoms with Crippen LogP contribution in [0.5, 0.6) is 0 Å². The van der Waals surface area contributed by atoms with Gasteiger partial charge in [0.2, 0.25) is 0 Å². The quantitative estimate of drug-likeness (QED) is 0.431. The van der Waals surface area contributed by atoms with E-state index >= 15 is 0 Å². The van der Waals surface area contributed by atoms with Crippen molar-refractivity contribution in [3.8, 4) is 11.1 Å². The molecule has 20 heavy (non-hydrogen) atoms. The molecule has 0 spiro atoms. The molecule has 0 aliphatic heterocycles. The van der Waals surface area contributed by atoms with Gasteiger partial charge in [0.15, 0.2) is 0 Å². The SMILES string of the molecule is [SiH4].c1ccc2c(c1)Cc1ccccc1-2.c1ccccc1. The Hall–Kier alpha value is -2.12. The van der Waals surface area contributed by atoms with E-state index in [0.29, 0.717) is 0 Å². The van der Waals surface area contributed by atoms with Crippen LogP contribution in [0, 0.1) is 0 Å². The van der Waals surface area contributed by atoms with Gasteiger partial charge < -0.3 is 0 Å². The molecule has 1 aliphatic rings. The van der Waals surface area contributed by atoms with E-state index in [1.807, 2.05) is 36.4 Å². The molecule has 0 saturated heterocycles. The lowest BCUT2D eigenvalue weighted by atomic mass is 10.1. The van der Waals surface area contributed by atoms with Crippen LogP contribution in [0.2, 0.25) is 0 Å². The Kier molecular flexibility index (Phi) is 4.91. The van der Waals surface area contributed by atoms with Crippen LogP contribution in [0.15, 0.2) is 84.9 Å². The summed E-state index contributed by atoms with van der Waals surface area (Å²) in [4.78, 5) is 0. The molecule has 0 heterocycles. The van der Waals surface area contributed by atoms with E-state index < -0.39 is 0 Å². The number of rotatable bonds is 0. The third kappa shape index (κ3) is 3.06. The van der Waals surface area contributed by atoms with E-state index in [-0.39, 0.29) is 11.0 Å². The summed E-state index contributed by atoms with van der Waals surface area (Å²) in [5.41, 5.74) is 5.75. The van der Waals surface area contributed by atoms with Crippen LogP contribution in [0.3, 0.4) is 0 Å². The highest BCUT2D eigenvalue weighted by Gasteiger charge is 2.15. The van der Waals surface area contributed by atoms with Gasteiger partial charge in [0.25, 0.3) is 0 Å². The molecule has 1 aliphatic carbocycles. The maximum atomic E-state index is 2.22. The minimum absolute atomic E-state index is 0. The summed E-state index contributed by atoms with van der Waals surface area (Å²) in [6.45, 7) is 0. The fourth-order valence-corrected chi connectivity index (χ4v) is 2.46. The molecule has 0 fully saturated rings. The van der Waals surface area contributed by atoms with Crippen molar-refractivity contribution in [1.82, 2.24) is 0 Å². The topological polar surface area (TPSA) is 0 Å². The van der Waals surface area contributed by atoms with Crippen molar-refractivity contribution in [3.05, 3.63) is 96.1 Å². The molecular formula is C19H20Si. The van der Waals surface area contributed by atoms with Gasteiger partial charge in [-0.25, -0.2) is 0 Å². The van der Waals surface area contributed by atoms with Gasteiger partial charge in [-0.05, 0) is 39.6 Å². The first-order chi connectivity index (χ1) is 9.45. The molecule has 0 bridgehead atoms. The monoisotopic (exact) mass is 276 g/mol. The lowest BCUT2D eigenvalue weighted by Crippen LogP contribution is -1.77. The van der Waals surface area contributed by atoms with Crippen LogP contribution >= 0.6 is 0 Å². The van der Waals surface area contributed by atoms with Crippen molar-refractivity contribution >= 4 is 11.0 Å². The van der Waals surface area contributed by atoms with E-state index in [1.54, 1.807) is 0 Å². The predicted molar refractivity (Wildman–Crippen MR) is 92.5 cm³/mol. The van der Waals surface area contributed by atoms with Crippen LogP contribution in [0.1, 0.15) is 11.1 Å². The van der Waals surface area contributed by atoms with E-state index in [1.165, 1.54) is 22.3 Å². The van der Waals surface area contributed by atoms with Gasteiger partial charge in [-0.2, -0.15) is 0 Å². The van der Waals surface area contributed by atoms with Gasteiger partial charge >= 0.3 is 0 Å². The zero-order valence-electron chi connectivity index (χ0n) is 10.8. The minimum atomic E-state index is 0. The van der Waals surface area contributed by atoms with E-state index in [2.05, 4.69) is 48.5 Å². The molecule has 0 atom stereocenters. The second-order valence-corrected chi connectivity index (χ2v) is 4.65. The van der Waals surface area contributed by atoms with Crippen molar-refractivity contribution in [2.45, 2.75) is 6.42 Å². The normalized spacial score (nSPS) is 10.4. The van der Waals surface area contributed by atoms with E-state index in [4.69, 9.17) is 0 Å². The lowest BCUT2D eigenvalue weighted by Gasteiger charge is -1.98. The number of fused-ring (bicyclic) bond motifs is 3. The highest BCUT2D eigenvalue weighted by Crippen LogP contribution is 2.35. The molecular weight excluding hydrogens is 256 g/mol. The molecule has 0 saturated carbocycles. The first-order valence-electron chi connectivity index (χ1n) is 6.61. The summed E-state index contributed by atoms with van der Waals surface area (Å²) in [6.07, 6.45) is 1.10. The molecule has 0 nitrogen and oxygen atoms in total. The number of hydrogen-bond donors (Lipinski definition) is 0. The van der Waals surface area contributed by atoms with Crippen LogP contribution in [0.25, 0.3) is 11.1 Å². The van der Waals surface area contributed by atoms with Gasteiger partial charge in [-0.1, -0.05) is 84.9 Å². The fourth-order valence-electron chi connectivity index (χ4n) is 2.46. The smallest absolute Gasteiger partial charge is 0.00135 e. The highest BCUT2D eigenvalue weighted by molar-refractivity contribution is 5.76. The third-order valence-corrected chi connectivity index (χ3v) is 3.37. The molecule has 1 heteroatoms. The highest BCUT2D eigenvalue weighted by atomic mass is 28.1. The molecule has 3 aromatic carbocycles. The molecule has 0 amide bonds. The lowest BCUT2D eigenvalue weighted by molar-refractivity contribution is 1.26. The van der Waals surface area contributed by atoms with Crippen LogP contribution in [0.4, 0.5) is 0 Å². The zero-order chi connectivity index (χ0) is 12.9. The van der Waals surface area contributed by atoms with Crippen molar-refractivity contribution in [3.63, 3.8) is 0 Å². The summed E-state index contributed by atoms with van der Waals surface area (Å²) >= 11 is 0. The Morgan fingerprint density at radius 2 is 0.800 bits per heavy atom. The van der Waals surface area contributed by atoms with Gasteiger partial charge in [-0.15, -0.1) is 0 Å². The number of hydrogen-bond acceptors (Lipinski definition) is 0. The predicted octanol–water partition coefficient (Wildman–Crippen LogP) is 3.49. The molecule has 3 aromatic rings. The Morgan fingerprint density at radius 3 is 1.20 bits per heavy atom. The number of benzene rings is 3. The average molecular weight is 276 g/mol. The molecule has 4 rings (SSSR count). The van der Waals surface area contributed by atoms with Gasteiger partial charge in [0.1, 0.15) is 0 Å². The molecule has 0 unspecified atom stereocenters. The molecule has 100 valence electrons. The maximum Gasteiger partial charge on any atom is -0.00135 e. The Morgan fingerprint density at radius 1 is 0.450 bits per heavy atom. The average Bonchev–Trinajstić information content (AvgIpc) is 2.88. The zero-order valence-corrected chi connectivity index (χ0v) is 10.8. The Bertz CT molecular complexity index is 589. The summed E-state index contributed by atoms with van der Waals surface area (Å²) in [5.74, 6) is 0. The summed E-state index contributed by atoms with van der Waals surface area (Å²) in [7, 11) is 0. The van der Waals surface area contributed by atoms with Crippen molar-refractivity contribution in [2.75, 3.05) is 0 Å². The van der Waals surface area contributed by atoms with E-state index in [9.17, 15) is 0 Å². The van der Waals surface area contributed by atoms with Gasteiger partial charge in [-0.3, -0.25) is 0 Å². The maximum absolute atomic E-state index is 2.22. The second-order valence-electron chi connectivity index (χ2n) is 4.65. The molecule has 0 N–H and O–H groups in total. The Balaban J connectivity index is 0.000000180. The largest absolute Gasteiger partial charge is 0.0623 e. The third-order valence-electron chi connectivity index (χ3n) is 3.37. The first-order valence-corrected chi connectivity index (χ1v) is 6.61. The van der Waals surface area contributed by atoms with Crippen LogP contribution in [-0.4, -0.2) is 11.0 Å². The molecule has 0 aromatic heterocycles. The minimum Gasteiger partial charge on any atom is -0.0623 e. The van der Waals surface area contributed by atoms with Crippen molar-refractivity contribution in [1.29, 1.82) is 0 Å². The van der Waals surface area contributed by atoms with Crippen LogP contribution in [-0.2, 0) is 6.42 Å². The van der Waals surface area contributed by atoms with Gasteiger partial charge in [0.05, 0.1) is 0 Å². The second kappa shape index (κ2) is 6.87. The van der Waals surface area contributed by atoms with Crippen LogP contribution < -0.4 is 0 Å². The fraction of sp³-hybridized carbons (Fsp3) is 0.0526. The summed E-state index contributed by atoms with van der Waals surface area (Å²) in [5, 5.41) is 0. The van der Waals surface area contributed by atoms with Crippen molar-refractivity contribution < 1.29 is 0 Å².